The van der Waals surface area contributed by atoms with Crippen LogP contribution in [0, 0.1) is 6.92 Å². The van der Waals surface area contributed by atoms with Crippen molar-refractivity contribution in [2.24, 2.45) is 0 Å². The van der Waals surface area contributed by atoms with Gasteiger partial charge >= 0.3 is 5.97 Å². The van der Waals surface area contributed by atoms with Gasteiger partial charge in [0.05, 0.1) is 18.6 Å². The minimum atomic E-state index is -0.618. The molecule has 0 unspecified atom stereocenters. The zero-order chi connectivity index (χ0) is 24.5. The molecular formula is C27H22N2O5S. The lowest BCUT2D eigenvalue weighted by Crippen LogP contribution is -2.27. The van der Waals surface area contributed by atoms with Crippen molar-refractivity contribution < 1.29 is 23.5 Å². The molecule has 0 aliphatic carbocycles. The van der Waals surface area contributed by atoms with Gasteiger partial charge in [-0.2, -0.15) is 0 Å². The van der Waals surface area contributed by atoms with Crippen LogP contribution in [0.1, 0.15) is 33.1 Å². The van der Waals surface area contributed by atoms with Crippen molar-refractivity contribution in [1.29, 1.82) is 0 Å². The normalized spacial score (nSPS) is 14.9. The molecular weight excluding hydrogens is 464 g/mol. The van der Waals surface area contributed by atoms with Crippen molar-refractivity contribution in [3.05, 3.63) is 100.0 Å². The molecule has 2 aromatic heterocycles. The van der Waals surface area contributed by atoms with Gasteiger partial charge in [0.1, 0.15) is 5.76 Å². The number of benzene rings is 2. The molecule has 1 saturated heterocycles. The van der Waals surface area contributed by atoms with E-state index in [2.05, 4.69) is 27.5 Å². The van der Waals surface area contributed by atoms with Gasteiger partial charge in [-0.15, -0.1) is 0 Å². The van der Waals surface area contributed by atoms with E-state index in [4.69, 9.17) is 4.42 Å². The summed E-state index contributed by atoms with van der Waals surface area (Å²) in [5.74, 6) is -0.667. The van der Waals surface area contributed by atoms with Gasteiger partial charge in [0.15, 0.2) is 0 Å². The lowest BCUT2D eigenvalue weighted by molar-refractivity contribution is -0.123. The van der Waals surface area contributed by atoms with E-state index in [1.165, 1.54) is 18.7 Å². The Kier molecular flexibility index (Phi) is 6.05. The van der Waals surface area contributed by atoms with Gasteiger partial charge in [-0.1, -0.05) is 48.5 Å². The molecule has 0 saturated carbocycles. The molecule has 2 amide bonds. The summed E-state index contributed by atoms with van der Waals surface area (Å²) in [6.45, 7) is 2.66. The quantitative estimate of drug-likeness (QED) is 0.260. The van der Waals surface area contributed by atoms with Crippen LogP contribution in [0.3, 0.4) is 0 Å². The predicted molar refractivity (Wildman–Crippen MR) is 134 cm³/mol. The number of hydrogen-bond acceptors (Lipinski definition) is 6. The average molecular weight is 487 g/mol. The van der Waals surface area contributed by atoms with Crippen LogP contribution < -0.4 is 0 Å². The maximum absolute atomic E-state index is 13.1. The molecule has 1 fully saturated rings. The minimum Gasteiger partial charge on any atom is -0.463 e. The number of nitrogens with zero attached hydrogens (tertiary/aromatic N) is 2. The Labute approximate surface area is 206 Å². The summed E-state index contributed by atoms with van der Waals surface area (Å²) in [5.41, 5.74) is 4.15. The van der Waals surface area contributed by atoms with Gasteiger partial charge in [-0.3, -0.25) is 14.5 Å². The highest BCUT2D eigenvalue weighted by Crippen LogP contribution is 2.36. The van der Waals surface area contributed by atoms with E-state index in [0.29, 0.717) is 17.2 Å². The molecule has 1 aliphatic rings. The third kappa shape index (κ3) is 4.28. The van der Waals surface area contributed by atoms with Gasteiger partial charge in [0.25, 0.3) is 11.1 Å². The first kappa shape index (κ1) is 22.7. The van der Waals surface area contributed by atoms with Crippen LogP contribution in [0.15, 0.2) is 76.1 Å². The number of imide groups is 1. The van der Waals surface area contributed by atoms with Crippen molar-refractivity contribution >= 4 is 45.9 Å². The standard InChI is InChI=1S/C27H22N2O5S/c1-17-21(20-10-6-7-11-22(20)28(17)15-18-8-4-3-5-9-18)14-24-25(30)29(27(32)35-24)16-19-12-13-23(34-19)26(31)33-2/h3-14H,15-16H2,1-2H3/b24-14+. The number of esters is 1. The number of carbonyl (C=O) groups excluding carboxylic acids is 3. The van der Waals surface area contributed by atoms with E-state index in [0.717, 1.165) is 38.8 Å². The zero-order valence-corrected chi connectivity index (χ0v) is 20.0. The SMILES string of the molecule is COC(=O)c1ccc(CN2C(=O)S/C(=C/c3c(C)n(Cc4ccccc4)c4ccccc34)C2=O)o1. The van der Waals surface area contributed by atoms with Crippen LogP contribution in [0.2, 0.25) is 0 Å². The number of para-hydroxylation sites is 1. The van der Waals surface area contributed by atoms with Gasteiger partial charge in [0.2, 0.25) is 5.76 Å². The summed E-state index contributed by atoms with van der Waals surface area (Å²) < 4.78 is 12.3. The molecule has 0 N–H and O–H groups in total. The van der Waals surface area contributed by atoms with Crippen LogP contribution in [-0.4, -0.2) is 33.7 Å². The highest BCUT2D eigenvalue weighted by Gasteiger charge is 2.36. The molecule has 0 spiro atoms. The van der Waals surface area contributed by atoms with Crippen molar-refractivity contribution in [2.45, 2.75) is 20.0 Å². The topological polar surface area (TPSA) is 81.8 Å². The number of aromatic nitrogens is 1. The average Bonchev–Trinajstić information content (AvgIpc) is 3.53. The number of carbonyl (C=O) groups is 3. The molecule has 176 valence electrons. The van der Waals surface area contributed by atoms with Gasteiger partial charge in [0, 0.05) is 28.7 Å². The van der Waals surface area contributed by atoms with Crippen LogP contribution in [0.5, 0.6) is 0 Å². The summed E-state index contributed by atoms with van der Waals surface area (Å²) in [4.78, 5) is 38.9. The number of amides is 2. The third-order valence-electron chi connectivity index (χ3n) is 5.97. The molecule has 2 aromatic carbocycles. The molecule has 3 heterocycles. The monoisotopic (exact) mass is 486 g/mol. The molecule has 0 bridgehead atoms. The summed E-state index contributed by atoms with van der Waals surface area (Å²) in [6.07, 6.45) is 1.80. The second-order valence-electron chi connectivity index (χ2n) is 8.11. The highest BCUT2D eigenvalue weighted by molar-refractivity contribution is 8.18. The lowest BCUT2D eigenvalue weighted by Gasteiger charge is -2.10. The second kappa shape index (κ2) is 9.31. The number of fused-ring (bicyclic) bond motifs is 1. The summed E-state index contributed by atoms with van der Waals surface area (Å²) in [6, 6.07) is 21.2. The van der Waals surface area contributed by atoms with Crippen molar-refractivity contribution in [2.75, 3.05) is 7.11 Å². The van der Waals surface area contributed by atoms with Gasteiger partial charge < -0.3 is 13.7 Å². The summed E-state index contributed by atoms with van der Waals surface area (Å²) in [7, 11) is 1.25. The fraction of sp³-hybridized carbons (Fsp3) is 0.148. The highest BCUT2D eigenvalue weighted by atomic mass is 32.2. The molecule has 0 atom stereocenters. The van der Waals surface area contributed by atoms with Crippen LogP contribution in [0.4, 0.5) is 4.79 Å². The number of rotatable bonds is 6. The Morgan fingerprint density at radius 2 is 1.74 bits per heavy atom. The van der Waals surface area contributed by atoms with E-state index in [1.54, 1.807) is 12.1 Å². The van der Waals surface area contributed by atoms with E-state index in [9.17, 15) is 14.4 Å². The van der Waals surface area contributed by atoms with E-state index in [-0.39, 0.29) is 17.5 Å². The van der Waals surface area contributed by atoms with Crippen molar-refractivity contribution in [3.63, 3.8) is 0 Å². The Bertz CT molecular complexity index is 1480. The Morgan fingerprint density at radius 1 is 1.00 bits per heavy atom. The fourth-order valence-corrected chi connectivity index (χ4v) is 5.03. The third-order valence-corrected chi connectivity index (χ3v) is 6.88. The molecule has 8 heteroatoms. The smallest absolute Gasteiger partial charge is 0.373 e. The number of hydrogen-bond donors (Lipinski definition) is 0. The number of furan rings is 1. The van der Waals surface area contributed by atoms with Gasteiger partial charge in [-0.05, 0) is 48.5 Å². The lowest BCUT2D eigenvalue weighted by atomic mass is 10.1. The molecule has 4 aromatic rings. The minimum absolute atomic E-state index is 0.0202. The second-order valence-corrected chi connectivity index (χ2v) is 9.11. The Morgan fingerprint density at radius 3 is 2.51 bits per heavy atom. The molecule has 1 aliphatic heterocycles. The van der Waals surface area contributed by atoms with E-state index in [1.807, 2.05) is 43.3 Å². The van der Waals surface area contributed by atoms with E-state index < -0.39 is 11.9 Å². The van der Waals surface area contributed by atoms with Gasteiger partial charge in [-0.25, -0.2) is 4.79 Å². The Hall–Kier alpha value is -4.04. The summed E-state index contributed by atoms with van der Waals surface area (Å²) >= 11 is 0.900. The number of ether oxygens (including phenoxy) is 1. The van der Waals surface area contributed by atoms with Crippen LogP contribution >= 0.6 is 11.8 Å². The van der Waals surface area contributed by atoms with Crippen molar-refractivity contribution in [3.8, 4) is 0 Å². The van der Waals surface area contributed by atoms with E-state index >= 15 is 0 Å². The molecule has 5 rings (SSSR count). The van der Waals surface area contributed by atoms with Crippen molar-refractivity contribution in [1.82, 2.24) is 9.47 Å². The zero-order valence-electron chi connectivity index (χ0n) is 19.2. The first-order valence-electron chi connectivity index (χ1n) is 11.0. The first-order valence-corrected chi connectivity index (χ1v) is 11.8. The first-order chi connectivity index (χ1) is 17.0. The fourth-order valence-electron chi connectivity index (χ4n) is 4.21. The Balaban J connectivity index is 1.46. The number of methoxy groups -OCH3 is 1. The maximum Gasteiger partial charge on any atom is 0.373 e. The largest absolute Gasteiger partial charge is 0.463 e. The number of thioether (sulfide) groups is 1. The molecule has 35 heavy (non-hydrogen) atoms. The van der Waals surface area contributed by atoms with Crippen LogP contribution in [0.25, 0.3) is 17.0 Å². The maximum atomic E-state index is 13.1. The summed E-state index contributed by atoms with van der Waals surface area (Å²) in [5, 5.41) is 0.629. The molecule has 0 radical (unpaired) electrons. The van der Waals surface area contributed by atoms with Crippen LogP contribution in [-0.2, 0) is 22.6 Å². The molecule has 7 nitrogen and oxygen atoms in total. The predicted octanol–water partition coefficient (Wildman–Crippen LogP) is 5.61.